The van der Waals surface area contributed by atoms with E-state index in [1.807, 2.05) is 36.4 Å². The number of hydrogen-bond acceptors (Lipinski definition) is 4. The quantitative estimate of drug-likeness (QED) is 0.407. The first kappa shape index (κ1) is 23.5. The maximum Gasteiger partial charge on any atom is 0.314 e. The zero-order valence-electron chi connectivity index (χ0n) is 17.0. The SMILES string of the molecule is CCOC(=O)[C@H](c1cccc(OC)c1)[C@@H]1C=C[C@H](NC(=O)c2c(Cl)cc(Cl)cc2Cl)C1. The van der Waals surface area contributed by atoms with Gasteiger partial charge in [0.05, 0.1) is 35.2 Å². The molecule has 0 aliphatic heterocycles. The molecule has 1 N–H and O–H groups in total. The van der Waals surface area contributed by atoms with E-state index in [9.17, 15) is 9.59 Å². The molecule has 164 valence electrons. The summed E-state index contributed by atoms with van der Waals surface area (Å²) in [4.78, 5) is 25.5. The van der Waals surface area contributed by atoms with Crippen molar-refractivity contribution in [1.29, 1.82) is 0 Å². The molecule has 8 heteroatoms. The number of halogens is 3. The first-order valence-corrected chi connectivity index (χ1v) is 10.9. The van der Waals surface area contributed by atoms with Crippen LogP contribution >= 0.6 is 34.8 Å². The molecule has 0 radical (unpaired) electrons. The monoisotopic (exact) mass is 481 g/mol. The summed E-state index contributed by atoms with van der Waals surface area (Å²) in [7, 11) is 1.58. The highest BCUT2D eigenvalue weighted by molar-refractivity contribution is 6.42. The van der Waals surface area contributed by atoms with Gasteiger partial charge in [-0.25, -0.2) is 0 Å². The molecule has 0 bridgehead atoms. The molecule has 0 saturated heterocycles. The largest absolute Gasteiger partial charge is 0.497 e. The number of ether oxygens (including phenoxy) is 2. The summed E-state index contributed by atoms with van der Waals surface area (Å²) < 4.78 is 10.6. The Kier molecular flexibility index (Phi) is 7.87. The summed E-state index contributed by atoms with van der Waals surface area (Å²) in [5.41, 5.74) is 0.961. The van der Waals surface area contributed by atoms with E-state index in [1.165, 1.54) is 12.1 Å². The predicted molar refractivity (Wildman–Crippen MR) is 122 cm³/mol. The molecule has 0 spiro atoms. The van der Waals surface area contributed by atoms with Gasteiger partial charge in [0.25, 0.3) is 5.91 Å². The van der Waals surface area contributed by atoms with Gasteiger partial charge in [-0.15, -0.1) is 0 Å². The number of carbonyl (C=O) groups excluding carboxylic acids is 2. The summed E-state index contributed by atoms with van der Waals surface area (Å²) in [6.07, 6.45) is 4.32. The highest BCUT2D eigenvalue weighted by atomic mass is 35.5. The highest BCUT2D eigenvalue weighted by Crippen LogP contribution is 2.36. The normalized spacial score (nSPS) is 18.5. The number of hydrogen-bond donors (Lipinski definition) is 1. The van der Waals surface area contributed by atoms with Crippen molar-refractivity contribution < 1.29 is 19.1 Å². The highest BCUT2D eigenvalue weighted by Gasteiger charge is 2.35. The van der Waals surface area contributed by atoms with E-state index in [4.69, 9.17) is 44.3 Å². The second kappa shape index (κ2) is 10.4. The third-order valence-electron chi connectivity index (χ3n) is 5.09. The van der Waals surface area contributed by atoms with Gasteiger partial charge in [-0.05, 0) is 49.1 Å². The van der Waals surface area contributed by atoms with Crippen LogP contribution in [0.15, 0.2) is 48.6 Å². The summed E-state index contributed by atoms with van der Waals surface area (Å²) in [5, 5.41) is 3.61. The Morgan fingerprint density at radius 3 is 2.48 bits per heavy atom. The number of rotatable bonds is 7. The van der Waals surface area contributed by atoms with Crippen molar-refractivity contribution in [2.45, 2.75) is 25.3 Å². The van der Waals surface area contributed by atoms with Crippen LogP contribution in [0.3, 0.4) is 0 Å². The van der Waals surface area contributed by atoms with Crippen molar-refractivity contribution in [3.8, 4) is 5.75 Å². The Bertz CT molecular complexity index is 985. The van der Waals surface area contributed by atoms with Gasteiger partial charge in [-0.2, -0.15) is 0 Å². The van der Waals surface area contributed by atoms with Crippen LogP contribution in [0.2, 0.25) is 15.1 Å². The van der Waals surface area contributed by atoms with E-state index in [-0.39, 0.29) is 40.1 Å². The molecular formula is C23H22Cl3NO4. The van der Waals surface area contributed by atoms with E-state index in [0.717, 1.165) is 5.56 Å². The molecule has 1 aliphatic rings. The fourth-order valence-electron chi connectivity index (χ4n) is 3.71. The molecule has 0 heterocycles. The van der Waals surface area contributed by atoms with Crippen LogP contribution in [0.25, 0.3) is 0 Å². The molecule has 0 aromatic heterocycles. The van der Waals surface area contributed by atoms with Crippen LogP contribution in [0.1, 0.15) is 35.2 Å². The molecule has 2 aromatic carbocycles. The van der Waals surface area contributed by atoms with Crippen molar-refractivity contribution in [2.24, 2.45) is 5.92 Å². The lowest BCUT2D eigenvalue weighted by atomic mass is 9.85. The average Bonchev–Trinajstić information content (AvgIpc) is 3.15. The number of methoxy groups -OCH3 is 1. The number of nitrogens with one attached hydrogen (secondary N) is 1. The molecule has 3 rings (SSSR count). The Hall–Kier alpha value is -2.21. The summed E-state index contributed by atoms with van der Waals surface area (Å²) in [5.74, 6) is -0.744. The minimum absolute atomic E-state index is 0.160. The first-order chi connectivity index (χ1) is 14.8. The predicted octanol–water partition coefficient (Wildman–Crippen LogP) is 5.68. The van der Waals surface area contributed by atoms with Crippen LogP contribution in [-0.2, 0) is 9.53 Å². The molecule has 0 fully saturated rings. The lowest BCUT2D eigenvalue weighted by Gasteiger charge is -2.23. The fourth-order valence-corrected chi connectivity index (χ4v) is 4.69. The number of allylic oxidation sites excluding steroid dienone is 1. The summed E-state index contributed by atoms with van der Waals surface area (Å²) >= 11 is 18.2. The lowest BCUT2D eigenvalue weighted by molar-refractivity contribution is -0.146. The first-order valence-electron chi connectivity index (χ1n) is 9.78. The van der Waals surface area contributed by atoms with Crippen LogP contribution in [0.5, 0.6) is 5.75 Å². The van der Waals surface area contributed by atoms with Crippen molar-refractivity contribution in [2.75, 3.05) is 13.7 Å². The van der Waals surface area contributed by atoms with Gasteiger partial charge in [0.15, 0.2) is 0 Å². The zero-order chi connectivity index (χ0) is 22.5. The van der Waals surface area contributed by atoms with E-state index in [2.05, 4.69) is 5.32 Å². The Balaban J connectivity index is 1.77. The molecule has 3 atom stereocenters. The number of benzene rings is 2. The lowest BCUT2D eigenvalue weighted by Crippen LogP contribution is -2.34. The topological polar surface area (TPSA) is 64.6 Å². The average molecular weight is 483 g/mol. The summed E-state index contributed by atoms with van der Waals surface area (Å²) in [6, 6.07) is 10.0. The summed E-state index contributed by atoms with van der Waals surface area (Å²) in [6.45, 7) is 2.05. The standard InChI is InChI=1S/C23H22Cl3NO4/c1-3-31-23(29)20(13-5-4-6-17(10-13)30-2)14-7-8-16(9-14)27-22(28)21-18(25)11-15(24)12-19(21)26/h4-8,10-12,14,16,20H,3,9H2,1-2H3,(H,27,28)/t14-,16+,20-/m1/s1. The molecule has 31 heavy (non-hydrogen) atoms. The van der Waals surface area contributed by atoms with Gasteiger partial charge < -0.3 is 14.8 Å². The molecule has 2 aromatic rings. The van der Waals surface area contributed by atoms with Gasteiger partial charge in [0.2, 0.25) is 0 Å². The minimum atomic E-state index is -0.518. The number of amides is 1. The number of carbonyl (C=O) groups is 2. The van der Waals surface area contributed by atoms with Crippen LogP contribution in [0, 0.1) is 5.92 Å². The second-order valence-corrected chi connectivity index (χ2v) is 8.37. The van der Waals surface area contributed by atoms with E-state index >= 15 is 0 Å². The maximum atomic E-state index is 12.8. The van der Waals surface area contributed by atoms with Gasteiger partial charge in [-0.3, -0.25) is 9.59 Å². The Morgan fingerprint density at radius 2 is 1.84 bits per heavy atom. The third kappa shape index (κ3) is 5.53. The van der Waals surface area contributed by atoms with Crippen molar-refractivity contribution in [3.63, 3.8) is 0 Å². The van der Waals surface area contributed by atoms with E-state index in [0.29, 0.717) is 17.2 Å². The van der Waals surface area contributed by atoms with Gasteiger partial charge in [0, 0.05) is 11.1 Å². The van der Waals surface area contributed by atoms with Crippen LogP contribution in [0.4, 0.5) is 0 Å². The van der Waals surface area contributed by atoms with E-state index in [1.54, 1.807) is 14.0 Å². The molecule has 5 nitrogen and oxygen atoms in total. The second-order valence-electron chi connectivity index (χ2n) is 7.12. The fraction of sp³-hybridized carbons (Fsp3) is 0.304. The van der Waals surface area contributed by atoms with Gasteiger partial charge in [-0.1, -0.05) is 59.1 Å². The molecule has 0 unspecified atom stereocenters. The van der Waals surface area contributed by atoms with Crippen LogP contribution in [-0.4, -0.2) is 31.6 Å². The van der Waals surface area contributed by atoms with Crippen molar-refractivity contribution in [1.82, 2.24) is 5.32 Å². The molecule has 1 aliphatic carbocycles. The minimum Gasteiger partial charge on any atom is -0.497 e. The van der Waals surface area contributed by atoms with Gasteiger partial charge >= 0.3 is 5.97 Å². The van der Waals surface area contributed by atoms with Gasteiger partial charge in [0.1, 0.15) is 5.75 Å². The zero-order valence-corrected chi connectivity index (χ0v) is 19.3. The number of esters is 1. The van der Waals surface area contributed by atoms with Crippen molar-refractivity contribution >= 4 is 46.7 Å². The smallest absolute Gasteiger partial charge is 0.314 e. The van der Waals surface area contributed by atoms with Crippen molar-refractivity contribution in [3.05, 3.63) is 74.7 Å². The van der Waals surface area contributed by atoms with Crippen LogP contribution < -0.4 is 10.1 Å². The van der Waals surface area contributed by atoms with E-state index < -0.39 is 11.8 Å². The molecule has 1 amide bonds. The Labute approximate surface area is 196 Å². The molecular weight excluding hydrogens is 461 g/mol. The molecule has 0 saturated carbocycles. The Morgan fingerprint density at radius 1 is 1.13 bits per heavy atom. The third-order valence-corrected chi connectivity index (χ3v) is 5.90. The maximum absolute atomic E-state index is 12.8.